The number of hydrogen-bond acceptors (Lipinski definition) is 7. The second-order valence-electron chi connectivity index (χ2n) is 10.4. The smallest absolute Gasteiger partial charge is 0.416 e. The van der Waals surface area contributed by atoms with Crippen LogP contribution < -0.4 is 0 Å². The highest BCUT2D eigenvalue weighted by Gasteiger charge is 2.32. The number of sulfone groups is 1. The minimum absolute atomic E-state index is 0.0521. The van der Waals surface area contributed by atoms with Crippen molar-refractivity contribution in [3.63, 3.8) is 0 Å². The van der Waals surface area contributed by atoms with Gasteiger partial charge in [-0.25, -0.2) is 18.2 Å². The highest BCUT2D eigenvalue weighted by molar-refractivity contribution is 7.90. The van der Waals surface area contributed by atoms with E-state index in [4.69, 9.17) is 16.3 Å². The Bertz CT molecular complexity index is 1590. The molecule has 3 heterocycles. The number of ether oxygens (including phenoxy) is 1. The van der Waals surface area contributed by atoms with Crippen LogP contribution in [-0.2, 0) is 27.3 Å². The van der Waals surface area contributed by atoms with Crippen molar-refractivity contribution < 1.29 is 36.2 Å². The summed E-state index contributed by atoms with van der Waals surface area (Å²) in [5.74, 6) is -1.34. The quantitative estimate of drug-likeness (QED) is 0.417. The van der Waals surface area contributed by atoms with Gasteiger partial charge in [-0.2, -0.15) is 13.2 Å². The molecule has 1 N–H and O–H groups in total. The number of halogens is 4. The van der Waals surface area contributed by atoms with Crippen molar-refractivity contribution in [2.75, 3.05) is 45.6 Å². The van der Waals surface area contributed by atoms with Crippen LogP contribution in [0, 0.1) is 0 Å². The average Bonchev–Trinajstić information content (AvgIpc) is 2.92. The molecule has 0 amide bonds. The van der Waals surface area contributed by atoms with Crippen molar-refractivity contribution in [3.05, 3.63) is 58.1 Å². The third kappa shape index (κ3) is 6.36. The number of fused-ring (bicyclic) bond motifs is 1. The lowest BCUT2D eigenvalue weighted by molar-refractivity contribution is -0.137. The van der Waals surface area contributed by atoms with E-state index in [2.05, 4.69) is 14.8 Å². The van der Waals surface area contributed by atoms with Crippen LogP contribution in [0.1, 0.15) is 34.3 Å². The number of piperidine rings is 1. The number of pyridine rings is 1. The van der Waals surface area contributed by atoms with Gasteiger partial charge >= 0.3 is 12.1 Å². The molecule has 220 valence electrons. The van der Waals surface area contributed by atoms with Crippen LogP contribution >= 0.6 is 11.6 Å². The second kappa shape index (κ2) is 11.5. The van der Waals surface area contributed by atoms with Gasteiger partial charge in [0, 0.05) is 48.4 Å². The van der Waals surface area contributed by atoms with Crippen LogP contribution in [0.25, 0.3) is 22.2 Å². The Labute approximate surface area is 240 Å². The van der Waals surface area contributed by atoms with Crippen molar-refractivity contribution in [2.24, 2.45) is 0 Å². The predicted octanol–water partition coefficient (Wildman–Crippen LogP) is 4.97. The fourth-order valence-corrected chi connectivity index (χ4v) is 7.00. The summed E-state index contributed by atoms with van der Waals surface area (Å²) in [6.45, 7) is 4.49. The van der Waals surface area contributed by atoms with Gasteiger partial charge in [-0.15, -0.1) is 0 Å². The number of aromatic carboxylic acids is 1. The van der Waals surface area contributed by atoms with E-state index >= 15 is 0 Å². The van der Waals surface area contributed by atoms with Gasteiger partial charge in [-0.3, -0.25) is 9.80 Å². The first kappa shape index (κ1) is 29.7. The molecule has 0 aliphatic carbocycles. The number of hydrogen-bond donors (Lipinski definition) is 1. The number of carboxylic acids is 1. The van der Waals surface area contributed by atoms with E-state index in [-0.39, 0.29) is 49.8 Å². The van der Waals surface area contributed by atoms with Crippen molar-refractivity contribution >= 4 is 38.3 Å². The topological polar surface area (TPSA) is 100 Å². The third-order valence-corrected chi connectivity index (χ3v) is 9.28. The molecule has 41 heavy (non-hydrogen) atoms. The Balaban J connectivity index is 1.63. The van der Waals surface area contributed by atoms with E-state index in [0.717, 1.165) is 44.3 Å². The number of carbonyl (C=O) groups is 1. The summed E-state index contributed by atoms with van der Waals surface area (Å²) in [6, 6.07) is 7.39. The second-order valence-corrected chi connectivity index (χ2v) is 12.8. The summed E-state index contributed by atoms with van der Waals surface area (Å²) in [5.41, 5.74) is -0.626. The molecule has 2 aromatic carbocycles. The monoisotopic (exact) mass is 611 g/mol. The van der Waals surface area contributed by atoms with E-state index in [0.29, 0.717) is 32.3 Å². The molecule has 0 unspecified atom stereocenters. The molecular formula is C28H29ClF3N3O5S. The number of likely N-dealkylation sites (tertiary alicyclic amines) is 1. The molecule has 0 spiro atoms. The molecule has 13 heteroatoms. The molecule has 1 aromatic heterocycles. The molecule has 0 radical (unpaired) electrons. The van der Waals surface area contributed by atoms with Crippen LogP contribution in [0.15, 0.2) is 41.3 Å². The maximum absolute atomic E-state index is 13.6. The Morgan fingerprint density at radius 3 is 2.41 bits per heavy atom. The molecule has 0 atom stereocenters. The molecule has 2 saturated heterocycles. The van der Waals surface area contributed by atoms with Crippen LogP contribution in [0.4, 0.5) is 13.2 Å². The zero-order valence-corrected chi connectivity index (χ0v) is 23.8. The van der Waals surface area contributed by atoms with E-state index in [1.807, 2.05) is 0 Å². The summed E-state index contributed by atoms with van der Waals surface area (Å²) >= 11 is 6.24. The molecular weight excluding hydrogens is 583 g/mol. The first-order valence-electron chi connectivity index (χ1n) is 13.1. The van der Waals surface area contributed by atoms with Gasteiger partial charge in [0.15, 0.2) is 9.84 Å². The number of alkyl halides is 3. The van der Waals surface area contributed by atoms with Gasteiger partial charge in [-0.05, 0) is 50.2 Å². The number of morpholine rings is 1. The molecule has 2 aliphatic rings. The average molecular weight is 612 g/mol. The molecule has 8 nitrogen and oxygen atoms in total. The summed E-state index contributed by atoms with van der Waals surface area (Å²) in [5, 5.41) is 10.3. The number of aromatic nitrogens is 1. The van der Waals surface area contributed by atoms with Crippen molar-refractivity contribution in [1.29, 1.82) is 0 Å². The molecule has 5 rings (SSSR count). The molecule has 0 bridgehead atoms. The standard InChI is InChI=1S/C28H29ClF3N3O5S/c1-41(38,39)24-14-20-23(15-22(24)29)33-26(17-3-2-4-18(13-17)28(30,31)32)21(25(20)27(36)37)16-34-7-5-19(6-8-34)35-9-11-40-12-10-35/h2-4,13-15,19H,5-12,16H2,1H3,(H,36,37). The number of benzene rings is 2. The summed E-state index contributed by atoms with van der Waals surface area (Å²) in [4.78, 5) is 21.6. The first-order chi connectivity index (χ1) is 19.3. The zero-order valence-electron chi connectivity index (χ0n) is 22.2. The summed E-state index contributed by atoms with van der Waals surface area (Å²) < 4.78 is 71.0. The molecule has 2 fully saturated rings. The lowest BCUT2D eigenvalue weighted by atomic mass is 9.94. The van der Waals surface area contributed by atoms with Crippen molar-refractivity contribution in [3.8, 4) is 11.3 Å². The Morgan fingerprint density at radius 2 is 1.80 bits per heavy atom. The predicted molar refractivity (Wildman–Crippen MR) is 148 cm³/mol. The van der Waals surface area contributed by atoms with Crippen LogP contribution in [-0.4, -0.2) is 86.0 Å². The summed E-state index contributed by atoms with van der Waals surface area (Å²) in [6.07, 6.45) is -1.96. The largest absolute Gasteiger partial charge is 0.478 e. The highest BCUT2D eigenvalue weighted by Crippen LogP contribution is 2.38. The Kier molecular flexibility index (Phi) is 8.32. The fourth-order valence-electron chi connectivity index (χ4n) is 5.68. The third-order valence-electron chi connectivity index (χ3n) is 7.72. The van der Waals surface area contributed by atoms with E-state index in [9.17, 15) is 31.5 Å². The molecule has 3 aromatic rings. The van der Waals surface area contributed by atoms with Gasteiger partial charge in [0.05, 0.1) is 45.5 Å². The Hall–Kier alpha value is -2.77. The highest BCUT2D eigenvalue weighted by atomic mass is 35.5. The van der Waals surface area contributed by atoms with E-state index in [1.165, 1.54) is 24.3 Å². The van der Waals surface area contributed by atoms with Crippen molar-refractivity contribution in [1.82, 2.24) is 14.8 Å². The lowest BCUT2D eigenvalue weighted by Crippen LogP contribution is -2.48. The SMILES string of the molecule is CS(=O)(=O)c1cc2c(C(=O)O)c(CN3CCC(N4CCOCC4)CC3)c(-c3cccc(C(F)(F)F)c3)nc2cc1Cl. The van der Waals surface area contributed by atoms with E-state index < -0.39 is 27.5 Å². The van der Waals surface area contributed by atoms with Crippen molar-refractivity contribution in [2.45, 2.75) is 36.5 Å². The normalized spacial score (nSPS) is 18.2. The summed E-state index contributed by atoms with van der Waals surface area (Å²) in [7, 11) is -3.81. The van der Waals surface area contributed by atoms with Crippen LogP contribution in [0.2, 0.25) is 5.02 Å². The molecule has 0 saturated carbocycles. The van der Waals surface area contributed by atoms with Gasteiger partial charge < -0.3 is 9.84 Å². The van der Waals surface area contributed by atoms with Gasteiger partial charge in [0.2, 0.25) is 0 Å². The zero-order chi connectivity index (χ0) is 29.5. The van der Waals surface area contributed by atoms with Gasteiger partial charge in [-0.1, -0.05) is 23.7 Å². The van der Waals surface area contributed by atoms with Crippen LogP contribution in [0.5, 0.6) is 0 Å². The Morgan fingerprint density at radius 1 is 1.12 bits per heavy atom. The number of carboxylic acid groups (broad SMARTS) is 1. The van der Waals surface area contributed by atoms with Crippen LogP contribution in [0.3, 0.4) is 0 Å². The number of nitrogens with zero attached hydrogens (tertiary/aromatic N) is 3. The number of rotatable bonds is 6. The first-order valence-corrected chi connectivity index (χ1v) is 15.4. The minimum atomic E-state index is -4.61. The van der Waals surface area contributed by atoms with Gasteiger partial charge in [0.25, 0.3) is 0 Å². The van der Waals surface area contributed by atoms with E-state index in [1.54, 1.807) is 0 Å². The maximum Gasteiger partial charge on any atom is 0.416 e. The minimum Gasteiger partial charge on any atom is -0.478 e. The fraction of sp³-hybridized carbons (Fsp3) is 0.429. The molecule has 2 aliphatic heterocycles. The maximum atomic E-state index is 13.6. The van der Waals surface area contributed by atoms with Gasteiger partial charge in [0.1, 0.15) is 0 Å². The lowest BCUT2D eigenvalue weighted by Gasteiger charge is -2.40.